The number of anilines is 1. The zero-order valence-corrected chi connectivity index (χ0v) is 21.7. The predicted molar refractivity (Wildman–Crippen MR) is 139 cm³/mol. The van der Waals surface area contributed by atoms with Crippen LogP contribution >= 0.6 is 0 Å². The summed E-state index contributed by atoms with van der Waals surface area (Å²) in [5, 5.41) is 2.57. The van der Waals surface area contributed by atoms with E-state index >= 15 is 0 Å². The first-order valence-corrected chi connectivity index (χ1v) is 12.9. The van der Waals surface area contributed by atoms with Crippen molar-refractivity contribution in [2.45, 2.75) is 31.3 Å². The predicted octanol–water partition coefficient (Wildman–Crippen LogP) is 3.36. The highest BCUT2D eigenvalue weighted by Gasteiger charge is 2.32. The third-order valence-corrected chi connectivity index (χ3v) is 7.61. The van der Waals surface area contributed by atoms with Gasteiger partial charge in [-0.3, -0.25) is 13.9 Å². The fourth-order valence-electron chi connectivity index (χ4n) is 3.80. The Labute approximate surface area is 212 Å². The van der Waals surface area contributed by atoms with Crippen molar-refractivity contribution in [3.8, 4) is 5.75 Å². The number of benzene rings is 3. The molecule has 0 fully saturated rings. The summed E-state index contributed by atoms with van der Waals surface area (Å²) in [6, 6.07) is 21.1. The van der Waals surface area contributed by atoms with Gasteiger partial charge in [0.2, 0.25) is 11.8 Å². The molecule has 8 nitrogen and oxygen atoms in total. The minimum Gasteiger partial charge on any atom is -0.497 e. The van der Waals surface area contributed by atoms with Crippen LogP contribution in [0.25, 0.3) is 0 Å². The van der Waals surface area contributed by atoms with Gasteiger partial charge in [-0.05, 0) is 55.8 Å². The van der Waals surface area contributed by atoms with E-state index in [-0.39, 0.29) is 17.3 Å². The maximum atomic E-state index is 13.7. The molecule has 3 aromatic rings. The van der Waals surface area contributed by atoms with Crippen LogP contribution in [0.1, 0.15) is 18.1 Å². The van der Waals surface area contributed by atoms with Gasteiger partial charge in [0, 0.05) is 13.6 Å². The third-order valence-electron chi connectivity index (χ3n) is 5.82. The average Bonchev–Trinajstić information content (AvgIpc) is 2.90. The number of amides is 2. The van der Waals surface area contributed by atoms with Crippen LogP contribution in [0, 0.1) is 6.92 Å². The van der Waals surface area contributed by atoms with E-state index in [4.69, 9.17) is 4.74 Å². The number of carbonyl (C=O) groups excluding carboxylic acids is 2. The van der Waals surface area contributed by atoms with Crippen molar-refractivity contribution in [2.24, 2.45) is 0 Å². The zero-order valence-electron chi connectivity index (χ0n) is 20.8. The van der Waals surface area contributed by atoms with Gasteiger partial charge < -0.3 is 15.0 Å². The molecule has 0 aliphatic carbocycles. The summed E-state index contributed by atoms with van der Waals surface area (Å²) in [6.45, 7) is 3.22. The number of sulfonamides is 1. The molecule has 1 N–H and O–H groups in total. The van der Waals surface area contributed by atoms with Crippen molar-refractivity contribution in [2.75, 3.05) is 25.0 Å². The molecule has 0 spiro atoms. The van der Waals surface area contributed by atoms with E-state index in [1.807, 2.05) is 31.2 Å². The number of nitrogens with one attached hydrogen (secondary N) is 1. The molecule has 0 aliphatic heterocycles. The first-order chi connectivity index (χ1) is 17.2. The SMILES string of the molecule is CNC(=O)[C@H](C)N(Cc1cccc(C)c1)C(=O)CN(c1ccc(OC)cc1)S(=O)(=O)c1ccccc1. The Hall–Kier alpha value is -3.85. The normalized spacial score (nSPS) is 11.9. The fourth-order valence-corrected chi connectivity index (χ4v) is 5.23. The van der Waals surface area contributed by atoms with Crippen molar-refractivity contribution in [1.29, 1.82) is 0 Å². The molecule has 0 saturated carbocycles. The molecule has 0 radical (unpaired) electrons. The lowest BCUT2D eigenvalue weighted by atomic mass is 10.1. The number of nitrogens with zero attached hydrogens (tertiary/aromatic N) is 2. The minimum atomic E-state index is -4.09. The Kier molecular flexibility index (Phi) is 8.71. The van der Waals surface area contributed by atoms with Crippen LogP contribution < -0.4 is 14.4 Å². The average molecular weight is 510 g/mol. The van der Waals surface area contributed by atoms with Crippen LogP contribution in [0.5, 0.6) is 5.75 Å². The molecule has 9 heteroatoms. The lowest BCUT2D eigenvalue weighted by Gasteiger charge is -2.31. The summed E-state index contributed by atoms with van der Waals surface area (Å²) in [7, 11) is -1.08. The molecule has 2 amide bonds. The number of likely N-dealkylation sites (N-methyl/N-ethyl adjacent to an activating group) is 1. The first kappa shape index (κ1) is 26.7. The monoisotopic (exact) mass is 509 g/mol. The van der Waals surface area contributed by atoms with Gasteiger partial charge in [0.15, 0.2) is 0 Å². The summed E-state index contributed by atoms with van der Waals surface area (Å²) < 4.78 is 33.6. The van der Waals surface area contributed by atoms with Gasteiger partial charge in [-0.25, -0.2) is 8.42 Å². The molecule has 0 bridgehead atoms. The van der Waals surface area contributed by atoms with Crippen molar-refractivity contribution < 1.29 is 22.7 Å². The van der Waals surface area contributed by atoms with Crippen molar-refractivity contribution in [3.63, 3.8) is 0 Å². The minimum absolute atomic E-state index is 0.0539. The quantitative estimate of drug-likeness (QED) is 0.452. The highest BCUT2D eigenvalue weighted by molar-refractivity contribution is 7.92. The van der Waals surface area contributed by atoms with E-state index in [1.165, 1.54) is 31.2 Å². The highest BCUT2D eigenvalue weighted by atomic mass is 32.2. The number of aryl methyl sites for hydroxylation is 1. The molecular weight excluding hydrogens is 478 g/mol. The maximum absolute atomic E-state index is 13.7. The number of rotatable bonds is 10. The van der Waals surface area contributed by atoms with Gasteiger partial charge in [-0.1, -0.05) is 48.0 Å². The van der Waals surface area contributed by atoms with E-state index in [0.717, 1.165) is 15.4 Å². The molecule has 0 saturated heterocycles. The summed E-state index contributed by atoms with van der Waals surface area (Å²) in [5.41, 5.74) is 2.15. The van der Waals surface area contributed by atoms with Crippen molar-refractivity contribution >= 4 is 27.5 Å². The van der Waals surface area contributed by atoms with Gasteiger partial charge in [0.05, 0.1) is 17.7 Å². The second-order valence-electron chi connectivity index (χ2n) is 8.32. The van der Waals surface area contributed by atoms with Crippen LogP contribution in [-0.4, -0.2) is 51.9 Å². The summed E-state index contributed by atoms with van der Waals surface area (Å²) in [6.07, 6.45) is 0. The number of hydrogen-bond acceptors (Lipinski definition) is 5. The van der Waals surface area contributed by atoms with Gasteiger partial charge >= 0.3 is 0 Å². The van der Waals surface area contributed by atoms with Gasteiger partial charge in [-0.2, -0.15) is 0 Å². The molecular formula is C27H31N3O5S. The lowest BCUT2D eigenvalue weighted by molar-refractivity contribution is -0.139. The van der Waals surface area contributed by atoms with E-state index in [1.54, 1.807) is 49.4 Å². The van der Waals surface area contributed by atoms with E-state index < -0.39 is 28.5 Å². The van der Waals surface area contributed by atoms with Crippen LogP contribution in [0.2, 0.25) is 0 Å². The van der Waals surface area contributed by atoms with Gasteiger partial charge in [0.1, 0.15) is 18.3 Å². The largest absolute Gasteiger partial charge is 0.497 e. The second kappa shape index (κ2) is 11.7. The van der Waals surface area contributed by atoms with Crippen molar-refractivity contribution in [1.82, 2.24) is 10.2 Å². The molecule has 0 heterocycles. The number of carbonyl (C=O) groups is 2. The molecule has 36 heavy (non-hydrogen) atoms. The third kappa shape index (κ3) is 6.23. The molecule has 0 aromatic heterocycles. The van der Waals surface area contributed by atoms with Crippen LogP contribution in [0.15, 0.2) is 83.8 Å². The Bertz CT molecular complexity index is 1290. The summed E-state index contributed by atoms with van der Waals surface area (Å²) in [5.74, 6) is -0.308. The molecule has 1 atom stereocenters. The highest BCUT2D eigenvalue weighted by Crippen LogP contribution is 2.26. The van der Waals surface area contributed by atoms with Crippen molar-refractivity contribution in [3.05, 3.63) is 90.0 Å². The number of methoxy groups -OCH3 is 1. The lowest BCUT2D eigenvalue weighted by Crippen LogP contribution is -2.50. The topological polar surface area (TPSA) is 96.0 Å². The van der Waals surface area contributed by atoms with E-state index in [9.17, 15) is 18.0 Å². The second-order valence-corrected chi connectivity index (χ2v) is 10.2. The van der Waals surface area contributed by atoms with Crippen LogP contribution in [0.4, 0.5) is 5.69 Å². The maximum Gasteiger partial charge on any atom is 0.264 e. The molecule has 3 aromatic carbocycles. The van der Waals surface area contributed by atoms with Gasteiger partial charge in [-0.15, -0.1) is 0 Å². The number of ether oxygens (including phenoxy) is 1. The Morgan fingerprint density at radius 3 is 2.22 bits per heavy atom. The summed E-state index contributed by atoms with van der Waals surface area (Å²) >= 11 is 0. The first-order valence-electron chi connectivity index (χ1n) is 11.5. The van der Waals surface area contributed by atoms with Gasteiger partial charge in [0.25, 0.3) is 10.0 Å². The Balaban J connectivity index is 2.02. The summed E-state index contributed by atoms with van der Waals surface area (Å²) in [4.78, 5) is 27.7. The zero-order chi connectivity index (χ0) is 26.3. The standard InChI is InChI=1S/C27H31N3O5S/c1-20-9-8-10-22(17-20)18-29(21(2)27(32)28-3)26(31)19-30(23-13-15-24(35-4)16-14-23)36(33,34)25-11-6-5-7-12-25/h5-17,21H,18-19H2,1-4H3,(H,28,32)/t21-/m0/s1. The molecule has 3 rings (SSSR count). The molecule has 0 unspecified atom stereocenters. The van der Waals surface area contributed by atoms with E-state index in [2.05, 4.69) is 5.32 Å². The Morgan fingerprint density at radius 2 is 1.64 bits per heavy atom. The molecule has 190 valence electrons. The smallest absolute Gasteiger partial charge is 0.264 e. The Morgan fingerprint density at radius 1 is 0.972 bits per heavy atom. The molecule has 0 aliphatic rings. The van der Waals surface area contributed by atoms with E-state index in [0.29, 0.717) is 11.4 Å². The van der Waals surface area contributed by atoms with Crippen LogP contribution in [0.3, 0.4) is 0 Å². The fraction of sp³-hybridized carbons (Fsp3) is 0.259. The number of hydrogen-bond donors (Lipinski definition) is 1. The van der Waals surface area contributed by atoms with Crippen LogP contribution in [-0.2, 0) is 26.2 Å².